The number of piperazine rings is 1. The number of carbonyl (C=O) groups excluding carboxylic acids is 1. The predicted octanol–water partition coefficient (Wildman–Crippen LogP) is 2.37. The Hall–Kier alpha value is -1.46. The van der Waals surface area contributed by atoms with E-state index in [1.54, 1.807) is 19.1 Å². The summed E-state index contributed by atoms with van der Waals surface area (Å²) in [5.41, 5.74) is 1.17. The first-order valence-corrected chi connectivity index (χ1v) is 8.95. The fourth-order valence-electron chi connectivity index (χ4n) is 4.10. The third-order valence-corrected chi connectivity index (χ3v) is 5.73. The second kappa shape index (κ2) is 7.19. The van der Waals surface area contributed by atoms with Crippen LogP contribution in [0.25, 0.3) is 0 Å². The van der Waals surface area contributed by atoms with Gasteiger partial charge in [0.15, 0.2) is 0 Å². The summed E-state index contributed by atoms with van der Waals surface area (Å²) in [5, 5.41) is 0. The number of likely N-dealkylation sites (tertiary alicyclic amines) is 1. The van der Waals surface area contributed by atoms with Gasteiger partial charge in [-0.3, -0.25) is 14.6 Å². The zero-order valence-corrected chi connectivity index (χ0v) is 14.9. The molecule has 24 heavy (non-hydrogen) atoms. The molecule has 1 aromatic rings. The van der Waals surface area contributed by atoms with E-state index in [-0.39, 0.29) is 11.7 Å². The highest BCUT2D eigenvalue weighted by Crippen LogP contribution is 2.30. The van der Waals surface area contributed by atoms with Crippen LogP contribution in [0.15, 0.2) is 24.3 Å². The van der Waals surface area contributed by atoms with Crippen molar-refractivity contribution in [2.75, 3.05) is 39.3 Å². The van der Waals surface area contributed by atoms with Crippen LogP contribution < -0.4 is 0 Å². The largest absolute Gasteiger partial charge is 0.340 e. The summed E-state index contributed by atoms with van der Waals surface area (Å²) in [6.07, 6.45) is 0. The maximum Gasteiger partial charge on any atom is 0.219 e. The van der Waals surface area contributed by atoms with Crippen molar-refractivity contribution in [2.45, 2.75) is 32.9 Å². The Morgan fingerprint density at radius 3 is 2.33 bits per heavy atom. The molecule has 3 atom stereocenters. The minimum atomic E-state index is -0.179. The minimum absolute atomic E-state index is 0.179. The molecule has 0 N–H and O–H groups in total. The lowest BCUT2D eigenvalue weighted by molar-refractivity contribution is -0.130. The Kier molecular flexibility index (Phi) is 5.21. The molecule has 2 aliphatic rings. The molecule has 4 nitrogen and oxygen atoms in total. The monoisotopic (exact) mass is 333 g/mol. The van der Waals surface area contributed by atoms with Gasteiger partial charge in [-0.05, 0) is 30.5 Å². The van der Waals surface area contributed by atoms with Gasteiger partial charge in [0.05, 0.1) is 0 Å². The van der Waals surface area contributed by atoms with Gasteiger partial charge in [-0.1, -0.05) is 19.1 Å². The van der Waals surface area contributed by atoms with Gasteiger partial charge in [-0.2, -0.15) is 0 Å². The topological polar surface area (TPSA) is 26.8 Å². The van der Waals surface area contributed by atoms with Gasteiger partial charge in [0.25, 0.3) is 0 Å². The molecule has 1 aromatic carbocycles. The quantitative estimate of drug-likeness (QED) is 0.850. The number of benzene rings is 1. The Labute approximate surface area is 144 Å². The smallest absolute Gasteiger partial charge is 0.219 e. The summed E-state index contributed by atoms with van der Waals surface area (Å²) in [7, 11) is 0. The Balaban J connectivity index is 1.60. The van der Waals surface area contributed by atoms with Gasteiger partial charge >= 0.3 is 0 Å². The van der Waals surface area contributed by atoms with Crippen LogP contribution in [0.3, 0.4) is 0 Å². The Morgan fingerprint density at radius 2 is 1.75 bits per heavy atom. The molecule has 0 saturated carbocycles. The normalized spacial score (nSPS) is 27.4. The van der Waals surface area contributed by atoms with Crippen molar-refractivity contribution in [3.05, 3.63) is 35.6 Å². The molecule has 0 radical (unpaired) electrons. The van der Waals surface area contributed by atoms with E-state index in [1.165, 1.54) is 5.56 Å². The molecular formula is C19H28FN3O. The highest BCUT2D eigenvalue weighted by molar-refractivity contribution is 5.73. The Morgan fingerprint density at radius 1 is 1.12 bits per heavy atom. The van der Waals surface area contributed by atoms with Crippen LogP contribution in [0.1, 0.15) is 32.4 Å². The van der Waals surface area contributed by atoms with E-state index < -0.39 is 0 Å². The predicted molar refractivity (Wildman–Crippen MR) is 93.2 cm³/mol. The first-order valence-electron chi connectivity index (χ1n) is 8.95. The second-order valence-corrected chi connectivity index (χ2v) is 7.27. The third-order valence-electron chi connectivity index (χ3n) is 5.73. The van der Waals surface area contributed by atoms with E-state index >= 15 is 0 Å². The molecular weight excluding hydrogens is 305 g/mol. The van der Waals surface area contributed by atoms with Crippen molar-refractivity contribution in [2.24, 2.45) is 5.92 Å². The van der Waals surface area contributed by atoms with Crippen LogP contribution in [0.2, 0.25) is 0 Å². The summed E-state index contributed by atoms with van der Waals surface area (Å²) in [6.45, 7) is 11.9. The van der Waals surface area contributed by atoms with E-state index in [4.69, 9.17) is 0 Å². The summed E-state index contributed by atoms with van der Waals surface area (Å²) in [5.74, 6) is 0.611. The molecule has 0 unspecified atom stereocenters. The van der Waals surface area contributed by atoms with E-state index in [0.717, 1.165) is 39.3 Å². The number of hydrogen-bond acceptors (Lipinski definition) is 3. The lowest BCUT2D eigenvalue weighted by Gasteiger charge is -2.39. The van der Waals surface area contributed by atoms with E-state index in [2.05, 4.69) is 23.6 Å². The first kappa shape index (κ1) is 17.4. The number of halogens is 1. The highest BCUT2D eigenvalue weighted by atomic mass is 19.1. The number of rotatable bonds is 3. The summed E-state index contributed by atoms with van der Waals surface area (Å²) in [4.78, 5) is 18.5. The van der Waals surface area contributed by atoms with Crippen molar-refractivity contribution in [1.29, 1.82) is 0 Å². The highest BCUT2D eigenvalue weighted by Gasteiger charge is 2.37. The van der Waals surface area contributed by atoms with Crippen LogP contribution in [-0.2, 0) is 4.79 Å². The van der Waals surface area contributed by atoms with Crippen LogP contribution in [0.5, 0.6) is 0 Å². The number of carbonyl (C=O) groups is 1. The molecule has 0 spiro atoms. The van der Waals surface area contributed by atoms with Crippen LogP contribution in [0, 0.1) is 11.7 Å². The van der Waals surface area contributed by atoms with Crippen molar-refractivity contribution < 1.29 is 9.18 Å². The molecule has 1 amide bonds. The molecule has 2 saturated heterocycles. The third kappa shape index (κ3) is 3.62. The maximum atomic E-state index is 13.1. The summed E-state index contributed by atoms with van der Waals surface area (Å²) >= 11 is 0. The lowest BCUT2D eigenvalue weighted by atomic mass is 10.0. The minimum Gasteiger partial charge on any atom is -0.340 e. The molecule has 0 aromatic heterocycles. The van der Waals surface area contributed by atoms with Crippen molar-refractivity contribution in [3.63, 3.8) is 0 Å². The van der Waals surface area contributed by atoms with Crippen molar-refractivity contribution in [1.82, 2.24) is 14.7 Å². The molecule has 0 bridgehead atoms. The molecule has 2 fully saturated rings. The van der Waals surface area contributed by atoms with Gasteiger partial charge in [0.2, 0.25) is 5.91 Å². The summed E-state index contributed by atoms with van der Waals surface area (Å²) in [6, 6.07) is 7.72. The van der Waals surface area contributed by atoms with Gasteiger partial charge in [0.1, 0.15) is 5.82 Å². The van der Waals surface area contributed by atoms with Crippen molar-refractivity contribution in [3.8, 4) is 0 Å². The zero-order chi connectivity index (χ0) is 17.3. The molecule has 3 rings (SSSR count). The SMILES string of the molecule is CC(=O)N1CCN([C@@H]2CN([C@@H](C)c3ccc(F)cc3)C[C@@H]2C)CC1. The Bertz CT molecular complexity index is 568. The molecule has 2 aliphatic heterocycles. The van der Waals surface area contributed by atoms with E-state index in [1.807, 2.05) is 17.0 Å². The molecule has 2 heterocycles. The lowest BCUT2D eigenvalue weighted by Crippen LogP contribution is -2.53. The van der Waals surface area contributed by atoms with Crippen LogP contribution in [-0.4, -0.2) is 65.9 Å². The second-order valence-electron chi connectivity index (χ2n) is 7.27. The van der Waals surface area contributed by atoms with Crippen LogP contribution in [0.4, 0.5) is 4.39 Å². The fourth-order valence-corrected chi connectivity index (χ4v) is 4.10. The van der Waals surface area contributed by atoms with Crippen LogP contribution >= 0.6 is 0 Å². The van der Waals surface area contributed by atoms with Gasteiger partial charge in [0, 0.05) is 58.3 Å². The average molecular weight is 333 g/mol. The average Bonchev–Trinajstić information content (AvgIpc) is 2.97. The fraction of sp³-hybridized carbons (Fsp3) is 0.632. The number of nitrogens with zero attached hydrogens (tertiary/aromatic N) is 3. The van der Waals surface area contributed by atoms with Gasteiger partial charge in [-0.25, -0.2) is 4.39 Å². The molecule has 5 heteroatoms. The van der Waals surface area contributed by atoms with Crippen molar-refractivity contribution >= 4 is 5.91 Å². The van der Waals surface area contributed by atoms with E-state index in [9.17, 15) is 9.18 Å². The van der Waals surface area contributed by atoms with Gasteiger partial charge < -0.3 is 4.90 Å². The zero-order valence-electron chi connectivity index (χ0n) is 14.9. The number of amides is 1. The van der Waals surface area contributed by atoms with Gasteiger partial charge in [-0.15, -0.1) is 0 Å². The number of hydrogen-bond donors (Lipinski definition) is 0. The maximum absolute atomic E-state index is 13.1. The molecule has 132 valence electrons. The first-order chi connectivity index (χ1) is 11.5. The summed E-state index contributed by atoms with van der Waals surface area (Å²) < 4.78 is 13.1. The molecule has 0 aliphatic carbocycles. The van der Waals surface area contributed by atoms with E-state index in [0.29, 0.717) is 18.0 Å². The standard InChI is InChI=1S/C19H28FN3O/c1-14-12-23(15(2)17-4-6-18(20)7-5-17)13-19(14)22-10-8-21(9-11-22)16(3)24/h4-7,14-15,19H,8-13H2,1-3H3/t14-,15-,19+/m0/s1.